The number of hydrogen-bond acceptors (Lipinski definition) is 2. The molecule has 22 heavy (non-hydrogen) atoms. The third-order valence-electron chi connectivity index (χ3n) is 3.01. The van der Waals surface area contributed by atoms with Gasteiger partial charge in [0.1, 0.15) is 0 Å². The molecule has 0 aliphatic rings. The smallest absolute Gasteiger partial charge is 0.222 e. The molecule has 0 bridgehead atoms. The van der Waals surface area contributed by atoms with Gasteiger partial charge in [0.15, 0.2) is 5.96 Å². The molecule has 0 saturated carbocycles. The minimum atomic E-state index is 0. The van der Waals surface area contributed by atoms with Crippen molar-refractivity contribution >= 4 is 35.8 Å². The number of carbonyl (C=O) groups is 1. The minimum absolute atomic E-state index is 0. The standard InChI is InChI=1S/C16H26N4O.HI/c1-12(2)15(21)18-8-9-19-16(17-4)20-11-14-7-5-6-13(3)10-14;/h5-7,10,12H,8-9,11H2,1-4H3,(H,18,21)(H2,17,19,20);1H. The second-order valence-electron chi connectivity index (χ2n) is 5.29. The zero-order valence-corrected chi connectivity index (χ0v) is 16.1. The summed E-state index contributed by atoms with van der Waals surface area (Å²) in [6, 6.07) is 8.34. The van der Waals surface area contributed by atoms with Crippen LogP contribution in [-0.4, -0.2) is 32.0 Å². The normalized spacial score (nSPS) is 10.9. The molecule has 0 fully saturated rings. The first-order valence-electron chi connectivity index (χ1n) is 7.30. The van der Waals surface area contributed by atoms with Crippen molar-refractivity contribution in [3.05, 3.63) is 35.4 Å². The van der Waals surface area contributed by atoms with Gasteiger partial charge in [0.2, 0.25) is 5.91 Å². The monoisotopic (exact) mass is 418 g/mol. The predicted octanol–water partition coefficient (Wildman–Crippen LogP) is 2.05. The van der Waals surface area contributed by atoms with E-state index in [1.165, 1.54) is 11.1 Å². The van der Waals surface area contributed by atoms with E-state index in [1.54, 1.807) is 7.05 Å². The number of benzene rings is 1. The summed E-state index contributed by atoms with van der Waals surface area (Å²) < 4.78 is 0. The molecule has 0 atom stereocenters. The molecule has 6 heteroatoms. The quantitative estimate of drug-likeness (QED) is 0.287. The summed E-state index contributed by atoms with van der Waals surface area (Å²) >= 11 is 0. The van der Waals surface area contributed by atoms with Crippen LogP contribution in [0.1, 0.15) is 25.0 Å². The first kappa shape index (κ1) is 20.7. The summed E-state index contributed by atoms with van der Waals surface area (Å²) in [7, 11) is 1.73. The number of halogens is 1. The number of carbonyl (C=O) groups excluding carboxylic acids is 1. The molecule has 124 valence electrons. The molecule has 0 unspecified atom stereocenters. The van der Waals surface area contributed by atoms with Gasteiger partial charge in [0.25, 0.3) is 0 Å². The molecule has 0 aromatic heterocycles. The third kappa shape index (κ3) is 8.21. The number of rotatable bonds is 6. The van der Waals surface area contributed by atoms with Gasteiger partial charge in [-0.05, 0) is 12.5 Å². The summed E-state index contributed by atoms with van der Waals surface area (Å²) in [6.07, 6.45) is 0. The van der Waals surface area contributed by atoms with Crippen molar-refractivity contribution < 1.29 is 4.79 Å². The Balaban J connectivity index is 0.00000441. The van der Waals surface area contributed by atoms with Gasteiger partial charge in [0.05, 0.1) is 0 Å². The largest absolute Gasteiger partial charge is 0.355 e. The summed E-state index contributed by atoms with van der Waals surface area (Å²) in [4.78, 5) is 15.6. The molecule has 5 nitrogen and oxygen atoms in total. The summed E-state index contributed by atoms with van der Waals surface area (Å²) in [5.41, 5.74) is 2.46. The fourth-order valence-electron chi connectivity index (χ4n) is 1.80. The summed E-state index contributed by atoms with van der Waals surface area (Å²) in [5.74, 6) is 0.818. The van der Waals surface area contributed by atoms with E-state index in [2.05, 4.69) is 46.1 Å². The van der Waals surface area contributed by atoms with E-state index >= 15 is 0 Å². The van der Waals surface area contributed by atoms with Crippen LogP contribution < -0.4 is 16.0 Å². The van der Waals surface area contributed by atoms with E-state index in [-0.39, 0.29) is 35.8 Å². The molecule has 3 N–H and O–H groups in total. The van der Waals surface area contributed by atoms with E-state index in [9.17, 15) is 4.79 Å². The molecular weight excluding hydrogens is 391 g/mol. The van der Waals surface area contributed by atoms with Crippen LogP contribution >= 0.6 is 24.0 Å². The van der Waals surface area contributed by atoms with Crippen LogP contribution in [-0.2, 0) is 11.3 Å². The lowest BCUT2D eigenvalue weighted by Gasteiger charge is -2.13. The van der Waals surface area contributed by atoms with Gasteiger partial charge in [-0.3, -0.25) is 9.79 Å². The Morgan fingerprint density at radius 3 is 2.45 bits per heavy atom. The fraction of sp³-hybridized carbons (Fsp3) is 0.500. The van der Waals surface area contributed by atoms with Gasteiger partial charge >= 0.3 is 0 Å². The minimum Gasteiger partial charge on any atom is -0.355 e. The van der Waals surface area contributed by atoms with E-state index in [0.717, 1.165) is 12.5 Å². The topological polar surface area (TPSA) is 65.5 Å². The Labute approximate surface area is 150 Å². The van der Waals surface area contributed by atoms with Crippen molar-refractivity contribution in [3.63, 3.8) is 0 Å². The van der Waals surface area contributed by atoms with Crippen molar-refractivity contribution in [2.45, 2.75) is 27.3 Å². The number of nitrogens with zero attached hydrogens (tertiary/aromatic N) is 1. The number of aliphatic imine (C=N–C) groups is 1. The number of hydrogen-bond donors (Lipinski definition) is 3. The van der Waals surface area contributed by atoms with Crippen molar-refractivity contribution in [2.75, 3.05) is 20.1 Å². The average molecular weight is 418 g/mol. The van der Waals surface area contributed by atoms with E-state index in [4.69, 9.17) is 0 Å². The summed E-state index contributed by atoms with van der Waals surface area (Å²) in [6.45, 7) is 7.79. The molecular formula is C16H27IN4O. The molecule has 0 aliphatic carbocycles. The highest BCUT2D eigenvalue weighted by atomic mass is 127. The second kappa shape index (κ2) is 11.3. The van der Waals surface area contributed by atoms with E-state index in [0.29, 0.717) is 13.1 Å². The van der Waals surface area contributed by atoms with Crippen LogP contribution in [0.5, 0.6) is 0 Å². The zero-order valence-electron chi connectivity index (χ0n) is 13.8. The SMILES string of the molecule is CN=C(NCCNC(=O)C(C)C)NCc1cccc(C)c1.I. The molecule has 0 saturated heterocycles. The highest BCUT2D eigenvalue weighted by molar-refractivity contribution is 14.0. The van der Waals surface area contributed by atoms with Gasteiger partial charge < -0.3 is 16.0 Å². The molecule has 1 rings (SSSR count). The molecule has 1 aromatic carbocycles. The second-order valence-corrected chi connectivity index (χ2v) is 5.29. The molecule has 0 spiro atoms. The van der Waals surface area contributed by atoms with Gasteiger partial charge in [-0.15, -0.1) is 24.0 Å². The molecule has 1 amide bonds. The van der Waals surface area contributed by atoms with Crippen LogP contribution in [0.4, 0.5) is 0 Å². The zero-order chi connectivity index (χ0) is 15.7. The molecule has 0 aliphatic heterocycles. The van der Waals surface area contributed by atoms with Crippen molar-refractivity contribution in [2.24, 2.45) is 10.9 Å². The number of aryl methyl sites for hydroxylation is 1. The highest BCUT2D eigenvalue weighted by Crippen LogP contribution is 2.02. The van der Waals surface area contributed by atoms with E-state index < -0.39 is 0 Å². The Hall–Kier alpha value is -1.31. The van der Waals surface area contributed by atoms with Gasteiger partial charge in [-0.2, -0.15) is 0 Å². The van der Waals surface area contributed by atoms with Crippen LogP contribution in [0.15, 0.2) is 29.3 Å². The van der Waals surface area contributed by atoms with Crippen LogP contribution in [0.25, 0.3) is 0 Å². The maximum Gasteiger partial charge on any atom is 0.222 e. The van der Waals surface area contributed by atoms with Gasteiger partial charge in [-0.25, -0.2) is 0 Å². The molecule has 0 radical (unpaired) electrons. The third-order valence-corrected chi connectivity index (χ3v) is 3.01. The number of nitrogens with one attached hydrogen (secondary N) is 3. The van der Waals surface area contributed by atoms with Crippen LogP contribution in [0, 0.1) is 12.8 Å². The Morgan fingerprint density at radius 2 is 1.86 bits per heavy atom. The lowest BCUT2D eigenvalue weighted by molar-refractivity contribution is -0.123. The van der Waals surface area contributed by atoms with Crippen molar-refractivity contribution in [1.29, 1.82) is 0 Å². The fourth-order valence-corrected chi connectivity index (χ4v) is 1.80. The first-order chi connectivity index (χ1) is 10.0. The Bertz CT molecular complexity index is 489. The predicted molar refractivity (Wildman–Crippen MR) is 103 cm³/mol. The maximum atomic E-state index is 11.4. The maximum absolute atomic E-state index is 11.4. The lowest BCUT2D eigenvalue weighted by atomic mass is 10.1. The van der Waals surface area contributed by atoms with Crippen molar-refractivity contribution in [3.8, 4) is 0 Å². The molecule has 0 heterocycles. The molecule has 1 aromatic rings. The number of amides is 1. The highest BCUT2D eigenvalue weighted by Gasteiger charge is 2.05. The van der Waals surface area contributed by atoms with Crippen LogP contribution in [0.3, 0.4) is 0 Å². The lowest BCUT2D eigenvalue weighted by Crippen LogP contribution is -2.41. The average Bonchev–Trinajstić information content (AvgIpc) is 2.46. The summed E-state index contributed by atoms with van der Waals surface area (Å²) in [5, 5.41) is 9.28. The van der Waals surface area contributed by atoms with Crippen LogP contribution in [0.2, 0.25) is 0 Å². The van der Waals surface area contributed by atoms with E-state index in [1.807, 2.05) is 19.9 Å². The number of guanidine groups is 1. The van der Waals surface area contributed by atoms with Gasteiger partial charge in [0, 0.05) is 32.6 Å². The van der Waals surface area contributed by atoms with Gasteiger partial charge in [-0.1, -0.05) is 43.7 Å². The Morgan fingerprint density at radius 1 is 1.18 bits per heavy atom. The Kier molecular flexibility index (Phi) is 10.6. The van der Waals surface area contributed by atoms with Crippen molar-refractivity contribution in [1.82, 2.24) is 16.0 Å². The first-order valence-corrected chi connectivity index (χ1v) is 7.30.